The van der Waals surface area contributed by atoms with E-state index in [1.54, 1.807) is 0 Å². The predicted octanol–water partition coefficient (Wildman–Crippen LogP) is 1.08. The van der Waals surface area contributed by atoms with Crippen molar-refractivity contribution in [2.45, 2.75) is 56.4 Å². The summed E-state index contributed by atoms with van der Waals surface area (Å²) in [5.74, 6) is -0.316. The molecule has 0 aromatic rings. The number of nitrogens with one attached hydrogen (secondary N) is 1. The number of nitrogens with two attached hydrogens (primary N) is 1. The van der Waals surface area contributed by atoms with Crippen molar-refractivity contribution in [2.24, 2.45) is 5.73 Å². The molecule has 1 heterocycles. The van der Waals surface area contributed by atoms with Gasteiger partial charge in [0.2, 0.25) is 5.91 Å². The minimum Gasteiger partial charge on any atom is -0.368 e. The van der Waals surface area contributed by atoms with Crippen LogP contribution < -0.4 is 11.1 Å². The van der Waals surface area contributed by atoms with Gasteiger partial charge in [0.15, 0.2) is 0 Å². The Balaban J connectivity index is 2.97. The molecule has 0 unspecified atom stereocenters. The summed E-state index contributed by atoms with van der Waals surface area (Å²) in [5.41, 5.74) is 5.20. The average molecular weight is 216 g/mol. The number of hydrogen-bond donors (Lipinski definition) is 3. The zero-order chi connectivity index (χ0) is 11.2. The van der Waals surface area contributed by atoms with E-state index in [0.29, 0.717) is 12.8 Å². The molecular formula is C10H20N2OS. The highest BCUT2D eigenvalue weighted by molar-refractivity contribution is 7.82. The van der Waals surface area contributed by atoms with Crippen LogP contribution in [0.3, 0.4) is 0 Å². The second-order valence-electron chi connectivity index (χ2n) is 5.64. The predicted molar refractivity (Wildman–Crippen MR) is 61.4 cm³/mol. The summed E-state index contributed by atoms with van der Waals surface area (Å²) in [7, 11) is 0. The largest absolute Gasteiger partial charge is 0.368 e. The van der Waals surface area contributed by atoms with Crippen LogP contribution in [0.2, 0.25) is 0 Å². The normalized spacial score (nSPS) is 28.4. The third-order valence-corrected chi connectivity index (χ3v) is 3.14. The van der Waals surface area contributed by atoms with Gasteiger partial charge >= 0.3 is 0 Å². The van der Waals surface area contributed by atoms with Crippen molar-refractivity contribution in [2.75, 3.05) is 0 Å². The Morgan fingerprint density at radius 2 is 1.57 bits per heavy atom. The summed E-state index contributed by atoms with van der Waals surface area (Å²) in [5, 5.41) is 3.49. The lowest BCUT2D eigenvalue weighted by atomic mass is 9.75. The molecular weight excluding hydrogens is 196 g/mol. The maximum Gasteiger partial charge on any atom is 0.233 e. The molecule has 0 aromatic carbocycles. The van der Waals surface area contributed by atoms with Crippen molar-refractivity contribution < 1.29 is 4.79 Å². The fraction of sp³-hybridized carbons (Fsp3) is 0.900. The molecule has 0 bridgehead atoms. The Labute approximate surface area is 91.2 Å². The molecule has 0 aromatic heterocycles. The number of thiol groups is 1. The van der Waals surface area contributed by atoms with E-state index in [9.17, 15) is 4.79 Å². The fourth-order valence-corrected chi connectivity index (χ4v) is 3.49. The van der Waals surface area contributed by atoms with Gasteiger partial charge in [0.25, 0.3) is 0 Å². The van der Waals surface area contributed by atoms with Crippen LogP contribution in [0.5, 0.6) is 0 Å². The van der Waals surface area contributed by atoms with E-state index in [2.05, 4.69) is 45.6 Å². The topological polar surface area (TPSA) is 55.1 Å². The lowest BCUT2D eigenvalue weighted by Gasteiger charge is -2.49. The molecule has 3 nitrogen and oxygen atoms in total. The Bertz CT molecular complexity index is 245. The van der Waals surface area contributed by atoms with Crippen LogP contribution in [0.25, 0.3) is 0 Å². The monoisotopic (exact) mass is 216 g/mol. The van der Waals surface area contributed by atoms with Gasteiger partial charge in [0, 0.05) is 11.1 Å². The molecule has 1 saturated heterocycles. The highest BCUT2D eigenvalue weighted by Gasteiger charge is 2.48. The molecule has 4 heteroatoms. The van der Waals surface area contributed by atoms with E-state index in [0.717, 1.165) is 0 Å². The summed E-state index contributed by atoms with van der Waals surface area (Å²) in [6.07, 6.45) is 1.34. The van der Waals surface area contributed by atoms with Gasteiger partial charge in [-0.15, -0.1) is 0 Å². The molecule has 0 aliphatic carbocycles. The Kier molecular flexibility index (Phi) is 2.66. The molecule has 0 saturated carbocycles. The van der Waals surface area contributed by atoms with E-state index in [1.165, 1.54) is 0 Å². The zero-order valence-corrected chi connectivity index (χ0v) is 10.2. The minimum atomic E-state index is -0.682. The van der Waals surface area contributed by atoms with Gasteiger partial charge in [-0.25, -0.2) is 0 Å². The first kappa shape index (κ1) is 11.9. The molecule has 1 rings (SSSR count). The molecule has 0 radical (unpaired) electrons. The van der Waals surface area contributed by atoms with Crippen molar-refractivity contribution in [3.63, 3.8) is 0 Å². The third-order valence-electron chi connectivity index (χ3n) is 2.60. The van der Waals surface area contributed by atoms with Crippen LogP contribution in [0.4, 0.5) is 0 Å². The van der Waals surface area contributed by atoms with E-state index in [4.69, 9.17) is 5.73 Å². The Hall–Kier alpha value is -0.220. The van der Waals surface area contributed by atoms with Crippen LogP contribution >= 0.6 is 12.6 Å². The van der Waals surface area contributed by atoms with Gasteiger partial charge < -0.3 is 11.1 Å². The summed E-state index contributed by atoms with van der Waals surface area (Å²) in [6.45, 7) is 8.28. The van der Waals surface area contributed by atoms with Crippen LogP contribution in [-0.4, -0.2) is 21.7 Å². The van der Waals surface area contributed by atoms with Gasteiger partial charge in [-0.3, -0.25) is 4.79 Å². The SMILES string of the molecule is CC1(C)CC(S)(C(N)=O)CC(C)(C)N1. The molecule has 1 aliphatic heterocycles. The van der Waals surface area contributed by atoms with Crippen molar-refractivity contribution in [3.05, 3.63) is 0 Å². The number of amides is 1. The smallest absolute Gasteiger partial charge is 0.233 e. The van der Waals surface area contributed by atoms with E-state index < -0.39 is 4.75 Å². The second kappa shape index (κ2) is 3.14. The van der Waals surface area contributed by atoms with Crippen molar-refractivity contribution in [3.8, 4) is 0 Å². The molecule has 14 heavy (non-hydrogen) atoms. The Morgan fingerprint density at radius 1 is 1.21 bits per heavy atom. The second-order valence-corrected chi connectivity index (χ2v) is 6.50. The molecule has 0 atom stereocenters. The number of rotatable bonds is 1. The van der Waals surface area contributed by atoms with Crippen LogP contribution in [0.15, 0.2) is 0 Å². The average Bonchev–Trinajstić information content (AvgIpc) is 1.76. The molecule has 1 fully saturated rings. The maximum absolute atomic E-state index is 11.4. The van der Waals surface area contributed by atoms with E-state index in [-0.39, 0.29) is 17.0 Å². The number of hydrogen-bond acceptors (Lipinski definition) is 3. The van der Waals surface area contributed by atoms with E-state index in [1.807, 2.05) is 0 Å². The van der Waals surface area contributed by atoms with Crippen LogP contribution in [-0.2, 0) is 4.79 Å². The number of carbonyl (C=O) groups is 1. The summed E-state index contributed by atoms with van der Waals surface area (Å²) < 4.78 is -0.682. The summed E-state index contributed by atoms with van der Waals surface area (Å²) in [4.78, 5) is 11.4. The van der Waals surface area contributed by atoms with Gasteiger partial charge in [-0.1, -0.05) is 0 Å². The summed E-state index contributed by atoms with van der Waals surface area (Å²) >= 11 is 4.46. The number of piperidine rings is 1. The van der Waals surface area contributed by atoms with Gasteiger partial charge in [-0.05, 0) is 40.5 Å². The van der Waals surface area contributed by atoms with Gasteiger partial charge in [0.1, 0.15) is 0 Å². The zero-order valence-electron chi connectivity index (χ0n) is 9.35. The van der Waals surface area contributed by atoms with Crippen LogP contribution in [0.1, 0.15) is 40.5 Å². The first-order valence-corrected chi connectivity index (χ1v) is 5.33. The Morgan fingerprint density at radius 3 is 1.86 bits per heavy atom. The first-order chi connectivity index (χ1) is 6.06. The number of primary amides is 1. The summed E-state index contributed by atoms with van der Waals surface area (Å²) in [6, 6.07) is 0. The molecule has 1 amide bonds. The quantitative estimate of drug-likeness (QED) is 0.575. The number of carbonyl (C=O) groups excluding carboxylic acids is 1. The van der Waals surface area contributed by atoms with Crippen molar-refractivity contribution in [1.82, 2.24) is 5.32 Å². The van der Waals surface area contributed by atoms with Crippen molar-refractivity contribution >= 4 is 18.5 Å². The van der Waals surface area contributed by atoms with Crippen molar-refractivity contribution in [1.29, 1.82) is 0 Å². The molecule has 3 N–H and O–H groups in total. The highest BCUT2D eigenvalue weighted by atomic mass is 32.1. The fourth-order valence-electron chi connectivity index (χ4n) is 2.70. The standard InChI is InChI=1S/C10H20N2OS/c1-8(2)5-10(14,7(11)13)6-9(3,4)12-8/h12,14H,5-6H2,1-4H3,(H2,11,13). The third kappa shape index (κ3) is 2.42. The minimum absolute atomic E-state index is 0.0987. The first-order valence-electron chi connectivity index (χ1n) is 4.88. The molecule has 1 aliphatic rings. The van der Waals surface area contributed by atoms with E-state index >= 15 is 0 Å². The molecule has 82 valence electrons. The maximum atomic E-state index is 11.4. The van der Waals surface area contributed by atoms with Crippen LogP contribution in [0, 0.1) is 0 Å². The lowest BCUT2D eigenvalue weighted by molar-refractivity contribution is -0.122. The highest BCUT2D eigenvalue weighted by Crippen LogP contribution is 2.39. The molecule has 0 spiro atoms. The van der Waals surface area contributed by atoms with Gasteiger partial charge in [-0.2, -0.15) is 12.6 Å². The lowest BCUT2D eigenvalue weighted by Crippen LogP contribution is -2.64. The van der Waals surface area contributed by atoms with Gasteiger partial charge in [0.05, 0.1) is 4.75 Å².